The Balaban J connectivity index is 1.62. The van der Waals surface area contributed by atoms with Crippen molar-refractivity contribution in [2.45, 2.75) is 75.3 Å². The Morgan fingerprint density at radius 2 is 1.76 bits per heavy atom. The molecule has 0 radical (unpaired) electrons. The molecule has 2 aromatic carbocycles. The number of halogens is 1. The summed E-state index contributed by atoms with van der Waals surface area (Å²) in [5, 5.41) is 3.26. The second-order valence-corrected chi connectivity index (χ2v) is 11.5. The fraction of sp³-hybridized carbons (Fsp3) is 0.500. The number of ether oxygens (including phenoxy) is 1. The highest BCUT2D eigenvalue weighted by Crippen LogP contribution is 2.42. The lowest BCUT2D eigenvalue weighted by molar-refractivity contribution is 0.0227. The molecule has 6 nitrogen and oxygen atoms in total. The van der Waals surface area contributed by atoms with E-state index in [2.05, 4.69) is 19.2 Å². The summed E-state index contributed by atoms with van der Waals surface area (Å²) >= 11 is 6.33. The predicted octanol–water partition coefficient (Wildman–Crippen LogP) is 5.72. The molecule has 0 unspecified atom stereocenters. The van der Waals surface area contributed by atoms with Crippen molar-refractivity contribution in [3.63, 3.8) is 0 Å². The lowest BCUT2D eigenvalue weighted by Crippen LogP contribution is -2.44. The highest BCUT2D eigenvalue weighted by molar-refractivity contribution is 7.89. The molecule has 1 fully saturated rings. The summed E-state index contributed by atoms with van der Waals surface area (Å²) in [6.07, 6.45) is 5.99. The topological polar surface area (TPSA) is 75.7 Å². The molecule has 2 heterocycles. The van der Waals surface area contributed by atoms with E-state index in [4.69, 9.17) is 16.3 Å². The molecule has 34 heavy (non-hydrogen) atoms. The second-order valence-electron chi connectivity index (χ2n) is 9.22. The van der Waals surface area contributed by atoms with Crippen LogP contribution in [0.4, 0.5) is 0 Å². The molecule has 8 heteroatoms. The van der Waals surface area contributed by atoms with Gasteiger partial charge < -0.3 is 10.1 Å². The van der Waals surface area contributed by atoms with Gasteiger partial charge in [0.2, 0.25) is 10.0 Å². The number of nitrogens with zero attached hydrogens (tertiary/aromatic N) is 1. The zero-order chi connectivity index (χ0) is 24.3. The van der Waals surface area contributed by atoms with Crippen LogP contribution in [-0.4, -0.2) is 37.3 Å². The summed E-state index contributed by atoms with van der Waals surface area (Å²) in [6.45, 7) is 5.14. The molecular formula is C26H33ClN2O4S. The Hall–Kier alpha value is -2.09. The quantitative estimate of drug-likeness (QED) is 0.546. The van der Waals surface area contributed by atoms with Crippen LogP contribution in [0.1, 0.15) is 80.8 Å². The number of hydrogen-bond donors (Lipinski definition) is 1. The van der Waals surface area contributed by atoms with Crippen LogP contribution in [0.25, 0.3) is 0 Å². The lowest BCUT2D eigenvalue weighted by atomic mass is 9.83. The first-order valence-electron chi connectivity index (χ1n) is 12.2. The standard InChI is InChI=1S/C26H33ClN2O4S/c1-3-26(4-2)18-22(20-11-7-8-12-23(20)33-26)28-25(30)19-13-14-21(27)24(17-19)34(31,32)29-15-9-5-6-10-16-29/h7-8,11-14,17,22H,3-6,9-10,15-16,18H2,1-2H3,(H,28,30)/t22-/m1/s1. The van der Waals surface area contributed by atoms with Gasteiger partial charge in [-0.05, 0) is 49.9 Å². The molecule has 184 valence electrons. The van der Waals surface area contributed by atoms with Crippen molar-refractivity contribution in [2.75, 3.05) is 13.1 Å². The van der Waals surface area contributed by atoms with Crippen molar-refractivity contribution >= 4 is 27.5 Å². The van der Waals surface area contributed by atoms with Crippen molar-refractivity contribution in [1.29, 1.82) is 0 Å². The maximum atomic E-state index is 13.3. The zero-order valence-electron chi connectivity index (χ0n) is 19.8. The molecule has 0 aliphatic carbocycles. The van der Waals surface area contributed by atoms with Crippen molar-refractivity contribution in [3.8, 4) is 5.75 Å². The summed E-state index contributed by atoms with van der Waals surface area (Å²) in [5.74, 6) is 0.454. The highest BCUT2D eigenvalue weighted by Gasteiger charge is 2.39. The number of hydrogen-bond acceptors (Lipinski definition) is 4. The van der Waals surface area contributed by atoms with Gasteiger partial charge in [-0.1, -0.05) is 56.5 Å². The monoisotopic (exact) mass is 504 g/mol. The molecule has 4 rings (SSSR count). The molecule has 1 saturated heterocycles. The van der Waals surface area contributed by atoms with E-state index in [1.807, 2.05) is 24.3 Å². The smallest absolute Gasteiger partial charge is 0.251 e. The average Bonchev–Trinajstić information content (AvgIpc) is 3.14. The summed E-state index contributed by atoms with van der Waals surface area (Å²) < 4.78 is 34.5. The molecule has 1 N–H and O–H groups in total. The van der Waals surface area contributed by atoms with E-state index < -0.39 is 10.0 Å². The van der Waals surface area contributed by atoms with E-state index in [9.17, 15) is 13.2 Å². The van der Waals surface area contributed by atoms with Crippen LogP contribution >= 0.6 is 11.6 Å². The third kappa shape index (κ3) is 4.97. The van der Waals surface area contributed by atoms with Crippen molar-refractivity contribution < 1.29 is 17.9 Å². The van der Waals surface area contributed by atoms with Crippen LogP contribution in [0, 0.1) is 0 Å². The van der Waals surface area contributed by atoms with Gasteiger partial charge in [0, 0.05) is 30.6 Å². The second kappa shape index (κ2) is 10.3. The van der Waals surface area contributed by atoms with Crippen LogP contribution in [0.5, 0.6) is 5.75 Å². The minimum Gasteiger partial charge on any atom is -0.487 e. The molecule has 1 amide bonds. The lowest BCUT2D eigenvalue weighted by Gasteiger charge is -2.41. The molecule has 2 aliphatic rings. The molecule has 2 aliphatic heterocycles. The number of rotatable bonds is 6. The van der Waals surface area contributed by atoms with Gasteiger partial charge in [0.25, 0.3) is 5.91 Å². The Morgan fingerprint density at radius 3 is 2.44 bits per heavy atom. The number of sulfonamides is 1. The number of fused-ring (bicyclic) bond motifs is 1. The maximum Gasteiger partial charge on any atom is 0.251 e. The number of amides is 1. The summed E-state index contributed by atoms with van der Waals surface area (Å²) in [5.41, 5.74) is 0.855. The van der Waals surface area contributed by atoms with Crippen LogP contribution in [0.3, 0.4) is 0 Å². The van der Waals surface area contributed by atoms with Gasteiger partial charge in [-0.3, -0.25) is 4.79 Å². The Labute approximate surface area is 207 Å². The molecule has 0 aromatic heterocycles. The first kappa shape index (κ1) is 25.0. The van der Waals surface area contributed by atoms with Crippen molar-refractivity contribution in [1.82, 2.24) is 9.62 Å². The number of nitrogens with one attached hydrogen (secondary N) is 1. The zero-order valence-corrected chi connectivity index (χ0v) is 21.4. The summed E-state index contributed by atoms with van der Waals surface area (Å²) in [7, 11) is -3.78. The summed E-state index contributed by atoms with van der Waals surface area (Å²) in [6, 6.07) is 12.0. The minimum absolute atomic E-state index is 0.00689. The molecule has 2 aromatic rings. The maximum absolute atomic E-state index is 13.3. The molecule has 0 bridgehead atoms. The van der Waals surface area contributed by atoms with Gasteiger partial charge in [-0.25, -0.2) is 8.42 Å². The van der Waals surface area contributed by atoms with E-state index in [0.717, 1.165) is 49.8 Å². The van der Waals surface area contributed by atoms with Crippen molar-refractivity contribution in [2.24, 2.45) is 0 Å². The third-order valence-corrected chi connectivity index (χ3v) is 9.55. The SMILES string of the molecule is CCC1(CC)C[C@@H](NC(=O)c2ccc(Cl)c(S(=O)(=O)N3CCCCCC3)c2)c2ccccc2O1. The van der Waals surface area contributed by atoms with Gasteiger partial charge in [-0.2, -0.15) is 4.31 Å². The average molecular weight is 505 g/mol. The van der Waals surface area contributed by atoms with Crippen LogP contribution in [-0.2, 0) is 10.0 Å². The molecule has 1 atom stereocenters. The summed E-state index contributed by atoms with van der Waals surface area (Å²) in [4.78, 5) is 13.3. The highest BCUT2D eigenvalue weighted by atomic mass is 35.5. The Morgan fingerprint density at radius 1 is 1.09 bits per heavy atom. The number of para-hydroxylation sites is 1. The van der Waals surface area contributed by atoms with E-state index in [1.54, 1.807) is 6.07 Å². The van der Waals surface area contributed by atoms with E-state index in [0.29, 0.717) is 19.5 Å². The van der Waals surface area contributed by atoms with E-state index >= 15 is 0 Å². The van der Waals surface area contributed by atoms with E-state index in [1.165, 1.54) is 16.4 Å². The third-order valence-electron chi connectivity index (χ3n) is 7.17. The minimum atomic E-state index is -3.78. The largest absolute Gasteiger partial charge is 0.487 e. The van der Waals surface area contributed by atoms with Crippen LogP contribution < -0.4 is 10.1 Å². The van der Waals surface area contributed by atoms with Gasteiger partial charge in [0.1, 0.15) is 16.2 Å². The van der Waals surface area contributed by atoms with Crippen LogP contribution in [0.2, 0.25) is 5.02 Å². The Kier molecular flexibility index (Phi) is 7.55. The van der Waals surface area contributed by atoms with Gasteiger partial charge in [0.05, 0.1) is 11.1 Å². The van der Waals surface area contributed by atoms with Crippen LogP contribution in [0.15, 0.2) is 47.4 Å². The first-order chi connectivity index (χ1) is 16.3. The first-order valence-corrected chi connectivity index (χ1v) is 14.0. The fourth-order valence-electron chi connectivity index (χ4n) is 4.94. The molecular weight excluding hydrogens is 472 g/mol. The fourth-order valence-corrected chi connectivity index (χ4v) is 6.95. The number of benzene rings is 2. The number of carbonyl (C=O) groups excluding carboxylic acids is 1. The molecule has 0 spiro atoms. The Bertz CT molecular complexity index is 1140. The predicted molar refractivity (Wildman–Crippen MR) is 134 cm³/mol. The molecule has 0 saturated carbocycles. The van der Waals surface area contributed by atoms with E-state index in [-0.39, 0.29) is 33.0 Å². The van der Waals surface area contributed by atoms with Gasteiger partial charge >= 0.3 is 0 Å². The normalized spacial score (nSPS) is 20.6. The van der Waals surface area contributed by atoms with Crippen molar-refractivity contribution in [3.05, 3.63) is 58.6 Å². The van der Waals surface area contributed by atoms with Gasteiger partial charge in [-0.15, -0.1) is 0 Å². The number of carbonyl (C=O) groups is 1. The van der Waals surface area contributed by atoms with Gasteiger partial charge in [0.15, 0.2) is 0 Å².